The second-order valence-electron chi connectivity index (χ2n) is 5.27. The van der Waals surface area contributed by atoms with Crippen molar-refractivity contribution >= 4 is 5.69 Å². The van der Waals surface area contributed by atoms with Gasteiger partial charge in [0.05, 0.1) is 11.3 Å². The number of rotatable bonds is 1. The average Bonchev–Trinajstić information content (AvgIpc) is 2.33. The fourth-order valence-electron chi connectivity index (χ4n) is 2.43. The minimum absolute atomic E-state index is 0.0496. The van der Waals surface area contributed by atoms with Crippen LogP contribution in [0.5, 0.6) is 0 Å². The lowest BCUT2D eigenvalue weighted by molar-refractivity contribution is -0.137. The average molecular weight is 290 g/mol. The molecule has 0 amide bonds. The number of alkyl halides is 3. The van der Waals surface area contributed by atoms with Gasteiger partial charge in [-0.15, -0.1) is 0 Å². The Labute approximate surface area is 115 Å². The highest BCUT2D eigenvalue weighted by Gasteiger charge is 2.32. The summed E-state index contributed by atoms with van der Waals surface area (Å²) >= 11 is 0. The van der Waals surface area contributed by atoms with E-state index in [-0.39, 0.29) is 11.6 Å². The molecule has 1 unspecified atom stereocenters. The van der Waals surface area contributed by atoms with Crippen molar-refractivity contribution in [3.05, 3.63) is 29.6 Å². The van der Waals surface area contributed by atoms with Crippen LogP contribution in [0.2, 0.25) is 0 Å². The molecule has 1 aliphatic rings. The Hall–Kier alpha value is -1.30. The van der Waals surface area contributed by atoms with Crippen LogP contribution in [-0.2, 0) is 6.18 Å². The molecule has 20 heavy (non-hydrogen) atoms. The summed E-state index contributed by atoms with van der Waals surface area (Å²) in [7, 11) is 0. The van der Waals surface area contributed by atoms with E-state index in [4.69, 9.17) is 0 Å². The summed E-state index contributed by atoms with van der Waals surface area (Å²) in [5, 5.41) is 3.26. The first-order valence-corrected chi connectivity index (χ1v) is 6.70. The van der Waals surface area contributed by atoms with Gasteiger partial charge in [0, 0.05) is 13.1 Å². The lowest BCUT2D eigenvalue weighted by atomic mass is 10.1. The second-order valence-corrected chi connectivity index (χ2v) is 5.27. The third-order valence-corrected chi connectivity index (χ3v) is 3.42. The van der Waals surface area contributed by atoms with Gasteiger partial charge in [0.2, 0.25) is 0 Å². The molecule has 6 heteroatoms. The van der Waals surface area contributed by atoms with E-state index in [1.54, 1.807) is 4.90 Å². The van der Waals surface area contributed by atoms with E-state index in [0.29, 0.717) is 13.1 Å². The zero-order valence-corrected chi connectivity index (χ0v) is 11.3. The molecule has 0 spiro atoms. The number of hydrogen-bond donors (Lipinski definition) is 1. The molecule has 1 fully saturated rings. The van der Waals surface area contributed by atoms with Crippen molar-refractivity contribution < 1.29 is 17.6 Å². The van der Waals surface area contributed by atoms with Crippen LogP contribution in [0.15, 0.2) is 18.2 Å². The summed E-state index contributed by atoms with van der Waals surface area (Å²) in [5.74, 6) is -0.344. The first-order chi connectivity index (χ1) is 9.38. The maximum atomic E-state index is 13.9. The van der Waals surface area contributed by atoms with E-state index in [1.807, 2.05) is 6.92 Å². The third-order valence-electron chi connectivity index (χ3n) is 3.42. The van der Waals surface area contributed by atoms with Crippen LogP contribution in [0.25, 0.3) is 0 Å². The topological polar surface area (TPSA) is 15.3 Å². The Balaban J connectivity index is 2.29. The highest BCUT2D eigenvalue weighted by atomic mass is 19.4. The normalized spacial score (nSPS) is 21.4. The number of nitrogens with one attached hydrogen (secondary N) is 1. The Morgan fingerprint density at radius 3 is 2.75 bits per heavy atom. The van der Waals surface area contributed by atoms with Gasteiger partial charge >= 0.3 is 6.18 Å². The quantitative estimate of drug-likeness (QED) is 0.799. The summed E-state index contributed by atoms with van der Waals surface area (Å²) in [6, 6.07) is 2.60. The summed E-state index contributed by atoms with van der Waals surface area (Å²) in [4.78, 5) is 1.72. The molecule has 0 saturated carbocycles. The van der Waals surface area contributed by atoms with Gasteiger partial charge in [-0.3, -0.25) is 0 Å². The predicted octanol–water partition coefficient (Wildman–Crippen LogP) is 3.28. The van der Waals surface area contributed by atoms with Crippen molar-refractivity contribution in [2.45, 2.75) is 19.5 Å². The molecule has 0 aromatic heterocycles. The number of hydrogen-bond acceptors (Lipinski definition) is 2. The minimum atomic E-state index is -4.45. The Morgan fingerprint density at radius 1 is 1.30 bits per heavy atom. The van der Waals surface area contributed by atoms with Crippen LogP contribution in [0.4, 0.5) is 23.2 Å². The number of halogens is 4. The number of benzene rings is 1. The van der Waals surface area contributed by atoms with Gasteiger partial charge in [-0.25, -0.2) is 4.39 Å². The van der Waals surface area contributed by atoms with Gasteiger partial charge in [-0.1, -0.05) is 6.92 Å². The minimum Gasteiger partial charge on any atom is -0.369 e. The Kier molecular flexibility index (Phi) is 4.52. The molecular formula is C14H18F4N2. The molecule has 1 saturated heterocycles. The van der Waals surface area contributed by atoms with Crippen molar-refractivity contribution in [3.63, 3.8) is 0 Å². The van der Waals surface area contributed by atoms with Gasteiger partial charge in [0.15, 0.2) is 0 Å². The van der Waals surface area contributed by atoms with E-state index in [0.717, 1.165) is 37.7 Å². The molecule has 1 aromatic carbocycles. The summed E-state index contributed by atoms with van der Waals surface area (Å²) in [6.45, 7) is 4.68. The predicted molar refractivity (Wildman–Crippen MR) is 70.3 cm³/mol. The summed E-state index contributed by atoms with van der Waals surface area (Å²) in [6.07, 6.45) is -3.67. The monoisotopic (exact) mass is 290 g/mol. The van der Waals surface area contributed by atoms with E-state index < -0.39 is 17.6 Å². The number of anilines is 1. The van der Waals surface area contributed by atoms with Crippen molar-refractivity contribution in [2.24, 2.45) is 5.92 Å². The lowest BCUT2D eigenvalue weighted by Crippen LogP contribution is -2.39. The smallest absolute Gasteiger partial charge is 0.369 e. The van der Waals surface area contributed by atoms with Crippen LogP contribution in [0, 0.1) is 11.7 Å². The molecule has 1 aromatic rings. The van der Waals surface area contributed by atoms with E-state index in [2.05, 4.69) is 5.32 Å². The Bertz CT molecular complexity index is 459. The third kappa shape index (κ3) is 3.62. The molecular weight excluding hydrogens is 272 g/mol. The molecule has 0 radical (unpaired) electrons. The van der Waals surface area contributed by atoms with Crippen LogP contribution in [0.1, 0.15) is 18.9 Å². The molecule has 1 aliphatic heterocycles. The second kappa shape index (κ2) is 5.99. The molecule has 2 nitrogen and oxygen atoms in total. The highest BCUT2D eigenvalue weighted by molar-refractivity contribution is 5.50. The lowest BCUT2D eigenvalue weighted by Gasteiger charge is -2.31. The first kappa shape index (κ1) is 15.1. The SMILES string of the molecule is CC1CNCCCN(c2cc(C(F)(F)F)ccc2F)C1. The van der Waals surface area contributed by atoms with Gasteiger partial charge in [0.1, 0.15) is 5.82 Å². The van der Waals surface area contributed by atoms with Crippen molar-refractivity contribution in [1.29, 1.82) is 0 Å². The van der Waals surface area contributed by atoms with Gasteiger partial charge in [-0.05, 0) is 43.6 Å². The maximum Gasteiger partial charge on any atom is 0.416 e. The highest BCUT2D eigenvalue weighted by Crippen LogP contribution is 2.33. The molecule has 0 bridgehead atoms. The van der Waals surface area contributed by atoms with Crippen LogP contribution < -0.4 is 10.2 Å². The van der Waals surface area contributed by atoms with Crippen LogP contribution in [0.3, 0.4) is 0 Å². The largest absolute Gasteiger partial charge is 0.416 e. The van der Waals surface area contributed by atoms with E-state index in [9.17, 15) is 17.6 Å². The van der Waals surface area contributed by atoms with Crippen molar-refractivity contribution in [3.8, 4) is 0 Å². The summed E-state index contributed by atoms with van der Waals surface area (Å²) < 4.78 is 52.1. The van der Waals surface area contributed by atoms with Gasteiger partial charge < -0.3 is 10.2 Å². The fourth-order valence-corrected chi connectivity index (χ4v) is 2.43. The molecule has 1 heterocycles. The van der Waals surface area contributed by atoms with Crippen molar-refractivity contribution in [2.75, 3.05) is 31.1 Å². The zero-order valence-electron chi connectivity index (χ0n) is 11.3. The van der Waals surface area contributed by atoms with Crippen molar-refractivity contribution in [1.82, 2.24) is 5.32 Å². The molecule has 112 valence electrons. The maximum absolute atomic E-state index is 13.9. The Morgan fingerprint density at radius 2 is 2.05 bits per heavy atom. The van der Waals surface area contributed by atoms with Gasteiger partial charge in [0.25, 0.3) is 0 Å². The molecule has 0 aliphatic carbocycles. The van der Waals surface area contributed by atoms with Crippen LogP contribution in [-0.4, -0.2) is 26.2 Å². The van der Waals surface area contributed by atoms with E-state index >= 15 is 0 Å². The molecule has 2 rings (SSSR count). The number of nitrogens with zero attached hydrogens (tertiary/aromatic N) is 1. The summed E-state index contributed by atoms with van der Waals surface area (Å²) in [5.41, 5.74) is -0.754. The van der Waals surface area contributed by atoms with Crippen LogP contribution >= 0.6 is 0 Å². The molecule has 1 atom stereocenters. The standard InChI is InChI=1S/C14H18F4N2/c1-10-8-19-5-2-6-20(9-10)13-7-11(14(16,17)18)3-4-12(13)15/h3-4,7,10,19H,2,5-6,8-9H2,1H3. The van der Waals surface area contributed by atoms with E-state index in [1.165, 1.54) is 0 Å². The zero-order chi connectivity index (χ0) is 14.8. The first-order valence-electron chi connectivity index (χ1n) is 6.70. The van der Waals surface area contributed by atoms with Gasteiger partial charge in [-0.2, -0.15) is 13.2 Å². The molecule has 1 N–H and O–H groups in total. The fraction of sp³-hybridized carbons (Fsp3) is 0.571.